The number of imidazole rings is 1. The molecule has 2 unspecified atom stereocenters. The quantitative estimate of drug-likeness (QED) is 0.388. The van der Waals surface area contributed by atoms with E-state index in [1.165, 1.54) is 13.0 Å². The number of halogens is 1. The van der Waals surface area contributed by atoms with Gasteiger partial charge in [-0.1, -0.05) is 48.5 Å². The Morgan fingerprint density at radius 2 is 1.71 bits per heavy atom. The molecule has 2 heterocycles. The molecule has 1 saturated heterocycles. The number of hydrogen-bond donors (Lipinski definition) is 2. The minimum Gasteiger partial charge on any atom is -0.374 e. The Morgan fingerprint density at radius 3 is 2.27 bits per heavy atom. The van der Waals surface area contributed by atoms with E-state index in [0.717, 1.165) is 37.2 Å². The molecule has 2 aromatic carbocycles. The molecule has 2 atom stereocenters. The van der Waals surface area contributed by atoms with Gasteiger partial charge in [-0.3, -0.25) is 14.4 Å². The van der Waals surface area contributed by atoms with Crippen molar-refractivity contribution in [2.75, 3.05) is 19.7 Å². The number of carbonyl (C=O) groups excluding carboxylic acids is 3. The summed E-state index contributed by atoms with van der Waals surface area (Å²) >= 11 is 0. The van der Waals surface area contributed by atoms with Crippen LogP contribution in [0.3, 0.4) is 0 Å². The van der Waals surface area contributed by atoms with Crippen LogP contribution in [0.25, 0.3) is 0 Å². The molecule has 1 aliphatic rings. The third kappa shape index (κ3) is 9.33. The summed E-state index contributed by atoms with van der Waals surface area (Å²) in [5, 5.41) is 2.60. The molecule has 2 amide bonds. The van der Waals surface area contributed by atoms with Crippen LogP contribution in [0.15, 0.2) is 67.1 Å². The van der Waals surface area contributed by atoms with E-state index in [2.05, 4.69) is 10.3 Å². The molecule has 0 bridgehead atoms. The summed E-state index contributed by atoms with van der Waals surface area (Å²) in [5.74, 6) is -0.951. The van der Waals surface area contributed by atoms with E-state index in [9.17, 15) is 18.8 Å². The number of hydrogen-bond acceptors (Lipinski definition) is 6. The molecular formula is C31H40FN5O4. The number of aryl methyl sites for hydroxylation is 1. The van der Waals surface area contributed by atoms with Gasteiger partial charge >= 0.3 is 0 Å². The van der Waals surface area contributed by atoms with Gasteiger partial charge in [0.25, 0.3) is 0 Å². The Hall–Kier alpha value is -3.89. The van der Waals surface area contributed by atoms with Crippen LogP contribution in [0.2, 0.25) is 0 Å². The Bertz CT molecular complexity index is 1300. The van der Waals surface area contributed by atoms with Crippen LogP contribution in [0.1, 0.15) is 56.5 Å². The fourth-order valence-electron chi connectivity index (χ4n) is 4.28. The topological polar surface area (TPSA) is 120 Å². The van der Waals surface area contributed by atoms with Gasteiger partial charge in [0.1, 0.15) is 17.9 Å². The first-order valence-electron chi connectivity index (χ1n) is 13.7. The van der Waals surface area contributed by atoms with Gasteiger partial charge in [-0.05, 0) is 52.2 Å². The summed E-state index contributed by atoms with van der Waals surface area (Å²) < 4.78 is 21.4. The maximum absolute atomic E-state index is 14.2. The summed E-state index contributed by atoms with van der Waals surface area (Å²) in [4.78, 5) is 42.1. The van der Waals surface area contributed by atoms with E-state index in [4.69, 9.17) is 10.5 Å². The lowest BCUT2D eigenvalue weighted by atomic mass is 10.0. The lowest BCUT2D eigenvalue weighted by molar-refractivity contribution is -0.132. The zero-order valence-electron chi connectivity index (χ0n) is 24.2. The first-order valence-corrected chi connectivity index (χ1v) is 13.7. The van der Waals surface area contributed by atoms with Gasteiger partial charge in [-0.15, -0.1) is 0 Å². The van der Waals surface area contributed by atoms with Gasteiger partial charge in [-0.25, -0.2) is 9.37 Å². The van der Waals surface area contributed by atoms with Crippen molar-refractivity contribution in [2.24, 2.45) is 5.73 Å². The standard InChI is InChI=1S/C16H18FN3O.C15H22N2O3/c1-12-10-20(11-18-12)15(13-6-2-3-7-14(13)17)16(21)19-8-4-5-9-19;1-11(18)13(17-14(19)15(2,3)16)10-20-9-12-7-5-4-6-8-12/h2-3,6-7,10-11,15H,4-5,8-9H2,1H3;4-8,13H,9-10,16H2,1-3H3,(H,17,19). The van der Waals surface area contributed by atoms with E-state index in [-0.39, 0.29) is 30.0 Å². The zero-order valence-corrected chi connectivity index (χ0v) is 24.2. The molecule has 1 fully saturated rings. The second-order valence-corrected chi connectivity index (χ2v) is 10.8. The maximum Gasteiger partial charge on any atom is 0.250 e. The zero-order chi connectivity index (χ0) is 30.0. The third-order valence-electron chi connectivity index (χ3n) is 6.66. The molecule has 0 aliphatic carbocycles. The number of rotatable bonds is 10. The number of likely N-dealkylation sites (tertiary alicyclic amines) is 1. The van der Waals surface area contributed by atoms with Crippen molar-refractivity contribution in [3.05, 3.63) is 89.8 Å². The SMILES string of the molecule is CC(=O)C(COCc1ccccc1)NC(=O)C(C)(C)N.Cc1cn(C(C(=O)N2CCCC2)c2ccccc2F)cn1. The van der Waals surface area contributed by atoms with E-state index < -0.39 is 17.6 Å². The number of nitrogens with one attached hydrogen (secondary N) is 1. The summed E-state index contributed by atoms with van der Waals surface area (Å²) in [7, 11) is 0. The molecule has 3 aromatic rings. The number of nitrogens with zero attached hydrogens (tertiary/aromatic N) is 3. The maximum atomic E-state index is 14.2. The highest BCUT2D eigenvalue weighted by atomic mass is 19.1. The molecule has 0 radical (unpaired) electrons. The van der Waals surface area contributed by atoms with Crippen LogP contribution >= 0.6 is 0 Å². The van der Waals surface area contributed by atoms with Gasteiger partial charge in [0.15, 0.2) is 5.78 Å². The van der Waals surface area contributed by atoms with E-state index >= 15 is 0 Å². The number of amides is 2. The number of benzene rings is 2. The van der Waals surface area contributed by atoms with Crippen LogP contribution in [0.5, 0.6) is 0 Å². The highest BCUT2D eigenvalue weighted by Gasteiger charge is 2.31. The third-order valence-corrected chi connectivity index (χ3v) is 6.66. The molecule has 1 aromatic heterocycles. The monoisotopic (exact) mass is 565 g/mol. The first kappa shape index (κ1) is 31.6. The number of nitrogens with two attached hydrogens (primary N) is 1. The van der Waals surface area contributed by atoms with Crippen molar-refractivity contribution in [3.8, 4) is 0 Å². The summed E-state index contributed by atoms with van der Waals surface area (Å²) in [5.41, 5.74) is 6.88. The fourth-order valence-corrected chi connectivity index (χ4v) is 4.28. The van der Waals surface area contributed by atoms with Crippen molar-refractivity contribution < 1.29 is 23.5 Å². The molecule has 1 aliphatic heterocycles. The second-order valence-electron chi connectivity index (χ2n) is 10.8. The fraction of sp³-hybridized carbons (Fsp3) is 0.419. The van der Waals surface area contributed by atoms with Gasteiger partial charge in [0.05, 0.1) is 30.8 Å². The molecule has 9 nitrogen and oxygen atoms in total. The Labute approximate surface area is 240 Å². The molecule has 41 heavy (non-hydrogen) atoms. The minimum absolute atomic E-state index is 0.0602. The highest BCUT2D eigenvalue weighted by Crippen LogP contribution is 2.25. The Kier molecular flexibility index (Phi) is 11.3. The number of carbonyl (C=O) groups is 3. The molecule has 0 spiro atoms. The van der Waals surface area contributed by atoms with Gasteiger partial charge in [-0.2, -0.15) is 0 Å². The van der Waals surface area contributed by atoms with Crippen LogP contribution in [0, 0.1) is 12.7 Å². The minimum atomic E-state index is -1.02. The van der Waals surface area contributed by atoms with Gasteiger partial charge in [0, 0.05) is 24.8 Å². The molecule has 3 N–H and O–H groups in total. The largest absolute Gasteiger partial charge is 0.374 e. The predicted octanol–water partition coefficient (Wildman–Crippen LogP) is 3.56. The highest BCUT2D eigenvalue weighted by molar-refractivity contribution is 5.91. The molecular weight excluding hydrogens is 525 g/mol. The smallest absolute Gasteiger partial charge is 0.250 e. The van der Waals surface area contributed by atoms with Gasteiger partial charge < -0.3 is 25.3 Å². The summed E-state index contributed by atoms with van der Waals surface area (Å²) in [6, 6.07) is 14.7. The van der Waals surface area contributed by atoms with Crippen LogP contribution in [0.4, 0.5) is 4.39 Å². The van der Waals surface area contributed by atoms with Crippen molar-refractivity contribution in [1.82, 2.24) is 19.8 Å². The normalized spacial score (nSPS) is 14.5. The first-order chi connectivity index (χ1) is 19.5. The van der Waals surface area contributed by atoms with Crippen molar-refractivity contribution in [2.45, 2.75) is 64.8 Å². The van der Waals surface area contributed by atoms with E-state index in [1.807, 2.05) is 42.2 Å². The number of ether oxygens (including phenoxy) is 1. The van der Waals surface area contributed by atoms with Gasteiger partial charge in [0.2, 0.25) is 11.8 Å². The van der Waals surface area contributed by atoms with Crippen LogP contribution < -0.4 is 11.1 Å². The van der Waals surface area contributed by atoms with Crippen LogP contribution in [-0.2, 0) is 25.7 Å². The molecule has 10 heteroatoms. The average molecular weight is 566 g/mol. The number of aromatic nitrogens is 2. The molecule has 4 rings (SSSR count). The average Bonchev–Trinajstić information content (AvgIpc) is 3.62. The Morgan fingerprint density at radius 1 is 1.07 bits per heavy atom. The van der Waals surface area contributed by atoms with E-state index in [1.54, 1.807) is 49.1 Å². The second kappa shape index (κ2) is 14.7. The lowest BCUT2D eigenvalue weighted by Crippen LogP contribution is -2.54. The summed E-state index contributed by atoms with van der Waals surface area (Å²) in [6.45, 7) is 8.47. The molecule has 0 saturated carbocycles. The lowest BCUT2D eigenvalue weighted by Gasteiger charge is -2.24. The van der Waals surface area contributed by atoms with Crippen molar-refractivity contribution in [1.29, 1.82) is 0 Å². The van der Waals surface area contributed by atoms with Crippen molar-refractivity contribution in [3.63, 3.8) is 0 Å². The molecule has 220 valence electrons. The van der Waals surface area contributed by atoms with Crippen LogP contribution in [-0.4, -0.2) is 63.3 Å². The predicted molar refractivity (Wildman–Crippen MR) is 154 cm³/mol. The Balaban J connectivity index is 0.000000226. The summed E-state index contributed by atoms with van der Waals surface area (Å²) in [6.07, 6.45) is 5.41. The van der Waals surface area contributed by atoms with E-state index in [0.29, 0.717) is 12.2 Å². The number of ketones is 1. The van der Waals surface area contributed by atoms with Crippen molar-refractivity contribution >= 4 is 17.6 Å². The number of Topliss-reactive ketones (excluding diaryl/α,β-unsaturated/α-hetero) is 1.